The molecule has 0 unspecified atom stereocenters. The highest BCUT2D eigenvalue weighted by Gasteiger charge is 2.37. The third-order valence-corrected chi connectivity index (χ3v) is 4.07. The minimum absolute atomic E-state index is 0.357. The molecular weight excluding hydrogens is 255 g/mol. The molecule has 0 aliphatic rings. The van der Waals surface area contributed by atoms with Crippen LogP contribution in [0.5, 0.6) is 0 Å². The van der Waals surface area contributed by atoms with Crippen molar-refractivity contribution >= 4 is 10.0 Å². The van der Waals surface area contributed by atoms with Crippen LogP contribution in [0.25, 0.3) is 0 Å². The number of nitrogens with zero attached hydrogens (tertiary/aromatic N) is 1. The Bertz CT molecular complexity index is 521. The number of sulfonamides is 1. The van der Waals surface area contributed by atoms with Crippen LogP contribution < -0.4 is 0 Å². The molecule has 1 aromatic rings. The fraction of sp³-hybridized carbons (Fsp3) is 0.400. The van der Waals surface area contributed by atoms with E-state index in [1.54, 1.807) is 0 Å². The number of rotatable bonds is 2. The van der Waals surface area contributed by atoms with Crippen LogP contribution >= 0.6 is 0 Å². The molecule has 0 aliphatic carbocycles. The molecule has 0 saturated heterocycles. The Morgan fingerprint density at radius 3 is 2.12 bits per heavy atom. The summed E-state index contributed by atoms with van der Waals surface area (Å²) in [6.07, 6.45) is -4.69. The van der Waals surface area contributed by atoms with Crippen molar-refractivity contribution in [3.63, 3.8) is 0 Å². The van der Waals surface area contributed by atoms with E-state index in [-0.39, 0.29) is 0 Å². The number of benzene rings is 1. The fourth-order valence-corrected chi connectivity index (χ4v) is 2.37. The maximum Gasteiger partial charge on any atom is 0.417 e. The molecule has 96 valence electrons. The molecule has 3 nitrogen and oxygen atoms in total. The second-order valence-electron chi connectivity index (χ2n) is 3.78. The summed E-state index contributed by atoms with van der Waals surface area (Å²) in [5.41, 5.74) is -0.777. The predicted molar refractivity (Wildman–Crippen MR) is 57.1 cm³/mol. The monoisotopic (exact) mass is 267 g/mol. The Balaban J connectivity index is 3.56. The highest BCUT2D eigenvalue weighted by molar-refractivity contribution is 7.89. The molecule has 0 heterocycles. The molecule has 0 spiro atoms. The molecule has 0 bridgehead atoms. The van der Waals surface area contributed by atoms with Crippen molar-refractivity contribution in [2.45, 2.75) is 18.0 Å². The molecule has 0 aromatic heterocycles. The van der Waals surface area contributed by atoms with Crippen molar-refractivity contribution in [3.05, 3.63) is 29.3 Å². The summed E-state index contributed by atoms with van der Waals surface area (Å²) in [5.74, 6) is 0. The number of alkyl halides is 3. The number of halogens is 3. The maximum absolute atomic E-state index is 12.7. The standard InChI is InChI=1S/C10H12F3NO2S/c1-7-4-5-9(17(15,16)14(2)3)8(6-7)10(11,12)13/h4-6H,1-3H3. The van der Waals surface area contributed by atoms with E-state index in [9.17, 15) is 21.6 Å². The van der Waals surface area contributed by atoms with E-state index in [1.807, 2.05) is 0 Å². The van der Waals surface area contributed by atoms with Gasteiger partial charge in [0.2, 0.25) is 10.0 Å². The Morgan fingerprint density at radius 2 is 1.71 bits per heavy atom. The summed E-state index contributed by atoms with van der Waals surface area (Å²) in [4.78, 5) is -0.722. The summed E-state index contributed by atoms with van der Waals surface area (Å²) in [7, 11) is -1.71. The highest BCUT2D eigenvalue weighted by atomic mass is 32.2. The van der Waals surface area contributed by atoms with Gasteiger partial charge in [0.05, 0.1) is 10.5 Å². The van der Waals surface area contributed by atoms with Crippen LogP contribution in [0.2, 0.25) is 0 Å². The van der Waals surface area contributed by atoms with Gasteiger partial charge in [0.1, 0.15) is 0 Å². The van der Waals surface area contributed by atoms with Crippen molar-refractivity contribution in [1.29, 1.82) is 0 Å². The molecule has 1 aromatic carbocycles. The first kappa shape index (κ1) is 14.0. The van der Waals surface area contributed by atoms with Crippen molar-refractivity contribution < 1.29 is 21.6 Å². The smallest absolute Gasteiger partial charge is 0.207 e. The van der Waals surface area contributed by atoms with Crippen LogP contribution in [0.4, 0.5) is 13.2 Å². The van der Waals surface area contributed by atoms with Gasteiger partial charge >= 0.3 is 6.18 Å². The van der Waals surface area contributed by atoms with E-state index in [4.69, 9.17) is 0 Å². The zero-order valence-electron chi connectivity index (χ0n) is 9.54. The van der Waals surface area contributed by atoms with Crippen molar-refractivity contribution in [1.82, 2.24) is 4.31 Å². The van der Waals surface area contributed by atoms with E-state index in [2.05, 4.69) is 0 Å². The van der Waals surface area contributed by atoms with Crippen LogP contribution in [-0.4, -0.2) is 26.8 Å². The molecule has 0 radical (unpaired) electrons. The van der Waals surface area contributed by atoms with Gasteiger partial charge in [0.25, 0.3) is 0 Å². The first-order valence-corrected chi connectivity index (χ1v) is 6.11. The summed E-state index contributed by atoms with van der Waals surface area (Å²) < 4.78 is 62.4. The van der Waals surface area contributed by atoms with Crippen LogP contribution in [0, 0.1) is 6.92 Å². The van der Waals surface area contributed by atoms with Gasteiger partial charge in [0.15, 0.2) is 0 Å². The second kappa shape index (κ2) is 4.30. The van der Waals surface area contributed by atoms with Crippen molar-refractivity contribution in [2.75, 3.05) is 14.1 Å². The van der Waals surface area contributed by atoms with Crippen molar-refractivity contribution in [3.8, 4) is 0 Å². The Labute approximate surface area is 97.9 Å². The minimum Gasteiger partial charge on any atom is -0.207 e. The molecule has 17 heavy (non-hydrogen) atoms. The van der Waals surface area contributed by atoms with Gasteiger partial charge in [-0.05, 0) is 19.1 Å². The zero-order valence-corrected chi connectivity index (χ0v) is 10.4. The van der Waals surface area contributed by atoms with Crippen LogP contribution in [0.1, 0.15) is 11.1 Å². The van der Waals surface area contributed by atoms with Gasteiger partial charge in [-0.15, -0.1) is 0 Å². The number of hydrogen-bond acceptors (Lipinski definition) is 2. The third kappa shape index (κ3) is 2.78. The largest absolute Gasteiger partial charge is 0.417 e. The normalized spacial score (nSPS) is 13.1. The number of hydrogen-bond donors (Lipinski definition) is 0. The van der Waals surface area contributed by atoms with Gasteiger partial charge in [-0.25, -0.2) is 12.7 Å². The fourth-order valence-electron chi connectivity index (χ4n) is 1.29. The van der Waals surface area contributed by atoms with Crippen LogP contribution in [0.3, 0.4) is 0 Å². The lowest BCUT2D eigenvalue weighted by atomic mass is 10.1. The molecule has 0 fully saturated rings. The number of aryl methyl sites for hydroxylation is 1. The van der Waals surface area contributed by atoms with E-state index in [0.29, 0.717) is 5.56 Å². The van der Waals surface area contributed by atoms with Gasteiger partial charge in [-0.2, -0.15) is 13.2 Å². The Morgan fingerprint density at radius 1 is 1.18 bits per heavy atom. The van der Waals surface area contributed by atoms with Crippen molar-refractivity contribution in [2.24, 2.45) is 0 Å². The topological polar surface area (TPSA) is 37.4 Å². The quantitative estimate of drug-likeness (QED) is 0.824. The average Bonchev–Trinajstić information content (AvgIpc) is 2.15. The van der Waals surface area contributed by atoms with E-state index in [0.717, 1.165) is 16.4 Å². The van der Waals surface area contributed by atoms with Crippen LogP contribution in [0.15, 0.2) is 23.1 Å². The lowest BCUT2D eigenvalue weighted by Crippen LogP contribution is -2.25. The summed E-state index contributed by atoms with van der Waals surface area (Å²) in [5, 5.41) is 0. The highest BCUT2D eigenvalue weighted by Crippen LogP contribution is 2.35. The average molecular weight is 267 g/mol. The second-order valence-corrected chi connectivity index (χ2v) is 5.91. The van der Waals surface area contributed by atoms with E-state index < -0.39 is 26.7 Å². The van der Waals surface area contributed by atoms with Gasteiger partial charge < -0.3 is 0 Å². The molecular formula is C10H12F3NO2S. The summed E-state index contributed by atoms with van der Waals surface area (Å²) in [6.45, 7) is 1.47. The Kier molecular flexibility index (Phi) is 3.54. The molecule has 0 N–H and O–H groups in total. The summed E-state index contributed by atoms with van der Waals surface area (Å²) in [6, 6.07) is 3.15. The SMILES string of the molecule is Cc1ccc(S(=O)(=O)N(C)C)c(C(F)(F)F)c1. The molecule has 7 heteroatoms. The molecule has 0 aliphatic heterocycles. The van der Waals surface area contributed by atoms with E-state index in [1.165, 1.54) is 27.1 Å². The van der Waals surface area contributed by atoms with Crippen LogP contribution in [-0.2, 0) is 16.2 Å². The molecule has 1 rings (SSSR count). The third-order valence-electron chi connectivity index (χ3n) is 2.20. The first-order valence-electron chi connectivity index (χ1n) is 4.67. The molecule has 0 atom stereocenters. The van der Waals surface area contributed by atoms with Gasteiger partial charge in [-0.3, -0.25) is 0 Å². The predicted octanol–water partition coefficient (Wildman–Crippen LogP) is 2.26. The lowest BCUT2D eigenvalue weighted by Gasteiger charge is -2.17. The molecule has 0 saturated carbocycles. The summed E-state index contributed by atoms with van der Waals surface area (Å²) >= 11 is 0. The first-order chi connectivity index (χ1) is 7.56. The van der Waals surface area contributed by atoms with E-state index >= 15 is 0 Å². The Hall–Kier alpha value is -1.08. The van der Waals surface area contributed by atoms with Gasteiger partial charge in [0, 0.05) is 14.1 Å². The zero-order chi connectivity index (χ0) is 13.4. The minimum atomic E-state index is -4.69. The lowest BCUT2D eigenvalue weighted by molar-refractivity contribution is -0.140. The van der Waals surface area contributed by atoms with Gasteiger partial charge in [-0.1, -0.05) is 11.6 Å². The molecule has 0 amide bonds. The maximum atomic E-state index is 12.7.